The second kappa shape index (κ2) is 5.21. The molecule has 0 saturated carbocycles. The van der Waals surface area contributed by atoms with Crippen LogP contribution in [0.2, 0.25) is 0 Å². The molecule has 3 aromatic carbocycles. The third-order valence-electron chi connectivity index (χ3n) is 3.77. The Hall–Kier alpha value is -2.66. The first kappa shape index (κ1) is 14.0. The lowest BCUT2D eigenvalue weighted by Gasteiger charge is -2.06. The zero-order valence-corrected chi connectivity index (χ0v) is 13.4. The lowest BCUT2D eigenvalue weighted by Crippen LogP contribution is -2.23. The van der Waals surface area contributed by atoms with Crippen LogP contribution in [0.3, 0.4) is 0 Å². The van der Waals surface area contributed by atoms with Gasteiger partial charge < -0.3 is 4.42 Å². The Bertz CT molecular complexity index is 1120. The van der Waals surface area contributed by atoms with Crippen LogP contribution in [0.25, 0.3) is 21.9 Å². The first-order chi connectivity index (χ1) is 11.1. The predicted octanol–water partition coefficient (Wildman–Crippen LogP) is 4.20. The van der Waals surface area contributed by atoms with Gasteiger partial charge in [0, 0.05) is 10.0 Å². The molecule has 0 bridgehead atoms. The zero-order valence-electron chi connectivity index (χ0n) is 11.8. The normalized spacial score (nSPS) is 11.2. The molecule has 0 N–H and O–H groups in total. The molecule has 0 aliphatic heterocycles. The van der Waals surface area contributed by atoms with E-state index in [1.807, 2.05) is 30.3 Å². The van der Waals surface area contributed by atoms with Gasteiger partial charge in [0.2, 0.25) is 0 Å². The van der Waals surface area contributed by atoms with Crippen LogP contribution < -0.4 is 5.76 Å². The van der Waals surface area contributed by atoms with Gasteiger partial charge >= 0.3 is 5.76 Å². The number of aromatic nitrogens is 1. The van der Waals surface area contributed by atoms with Gasteiger partial charge in [0.25, 0.3) is 5.91 Å². The van der Waals surface area contributed by atoms with E-state index in [0.29, 0.717) is 16.7 Å². The van der Waals surface area contributed by atoms with Crippen LogP contribution in [-0.4, -0.2) is 10.5 Å². The summed E-state index contributed by atoms with van der Waals surface area (Å²) >= 11 is 3.32. The summed E-state index contributed by atoms with van der Waals surface area (Å²) in [5.74, 6) is -1.08. The lowest BCUT2D eigenvalue weighted by molar-refractivity contribution is 0.0958. The fraction of sp³-hybridized carbons (Fsp3) is 0. The molecule has 0 aliphatic rings. The van der Waals surface area contributed by atoms with E-state index in [-0.39, 0.29) is 0 Å². The van der Waals surface area contributed by atoms with Crippen LogP contribution in [0.4, 0.5) is 0 Å². The van der Waals surface area contributed by atoms with E-state index < -0.39 is 11.7 Å². The molecule has 4 nitrogen and oxygen atoms in total. The number of benzene rings is 3. The second-order valence-electron chi connectivity index (χ2n) is 5.15. The van der Waals surface area contributed by atoms with Gasteiger partial charge in [0.1, 0.15) is 0 Å². The van der Waals surface area contributed by atoms with Crippen LogP contribution in [0.15, 0.2) is 74.3 Å². The van der Waals surface area contributed by atoms with Crippen molar-refractivity contribution in [1.82, 2.24) is 4.57 Å². The number of rotatable bonds is 1. The summed E-state index contributed by atoms with van der Waals surface area (Å²) in [6.07, 6.45) is 0. The fourth-order valence-electron chi connectivity index (χ4n) is 2.72. The zero-order chi connectivity index (χ0) is 16.0. The van der Waals surface area contributed by atoms with Crippen molar-refractivity contribution in [2.45, 2.75) is 0 Å². The predicted molar refractivity (Wildman–Crippen MR) is 91.9 cm³/mol. The standard InChI is InChI=1S/C18H10BrNO3/c19-12-8-9-15-16(10-12)23-18(22)20(15)17(21)14-7-3-5-11-4-1-2-6-13(11)14/h1-10H. The highest BCUT2D eigenvalue weighted by molar-refractivity contribution is 9.10. The Morgan fingerprint density at radius 1 is 1.00 bits per heavy atom. The van der Waals surface area contributed by atoms with Gasteiger partial charge in [-0.1, -0.05) is 52.3 Å². The third kappa shape index (κ3) is 2.21. The summed E-state index contributed by atoms with van der Waals surface area (Å²) in [4.78, 5) is 25.1. The Labute approximate surface area is 139 Å². The molecule has 0 spiro atoms. The maximum Gasteiger partial charge on any atom is 0.427 e. The summed E-state index contributed by atoms with van der Waals surface area (Å²) in [5, 5.41) is 1.75. The SMILES string of the molecule is O=C(c1cccc2ccccc12)n1c(=O)oc2cc(Br)ccc21. The van der Waals surface area contributed by atoms with Gasteiger partial charge in [-0.05, 0) is 35.0 Å². The molecule has 0 unspecified atom stereocenters. The molecule has 1 aromatic heterocycles. The van der Waals surface area contributed by atoms with Gasteiger partial charge in [-0.25, -0.2) is 9.36 Å². The van der Waals surface area contributed by atoms with Crippen LogP contribution in [0.5, 0.6) is 0 Å². The van der Waals surface area contributed by atoms with Crippen LogP contribution in [0.1, 0.15) is 10.4 Å². The molecule has 4 aromatic rings. The number of halogens is 1. The highest BCUT2D eigenvalue weighted by Gasteiger charge is 2.19. The van der Waals surface area contributed by atoms with Crippen molar-refractivity contribution < 1.29 is 9.21 Å². The van der Waals surface area contributed by atoms with Crippen molar-refractivity contribution in [2.24, 2.45) is 0 Å². The monoisotopic (exact) mass is 367 g/mol. The minimum Gasteiger partial charge on any atom is -0.407 e. The first-order valence-electron chi connectivity index (χ1n) is 6.99. The lowest BCUT2D eigenvalue weighted by atomic mass is 10.0. The average Bonchev–Trinajstić information content (AvgIpc) is 2.88. The van der Waals surface area contributed by atoms with E-state index in [4.69, 9.17) is 4.42 Å². The summed E-state index contributed by atoms with van der Waals surface area (Å²) in [7, 11) is 0. The molecule has 0 saturated heterocycles. The molecule has 23 heavy (non-hydrogen) atoms. The summed E-state index contributed by atoms with van der Waals surface area (Å²) in [6, 6.07) is 18.2. The average molecular weight is 368 g/mol. The van der Waals surface area contributed by atoms with E-state index in [9.17, 15) is 9.59 Å². The number of carbonyl (C=O) groups is 1. The van der Waals surface area contributed by atoms with Gasteiger partial charge in [-0.15, -0.1) is 0 Å². The maximum absolute atomic E-state index is 12.9. The van der Waals surface area contributed by atoms with Crippen LogP contribution >= 0.6 is 15.9 Å². The Morgan fingerprint density at radius 3 is 2.65 bits per heavy atom. The summed E-state index contributed by atoms with van der Waals surface area (Å²) in [5.41, 5.74) is 1.30. The number of hydrogen-bond donors (Lipinski definition) is 0. The van der Waals surface area contributed by atoms with Crippen molar-refractivity contribution in [3.05, 3.63) is 81.3 Å². The molecule has 112 valence electrons. The molecular formula is C18H10BrNO3. The van der Waals surface area contributed by atoms with Crippen LogP contribution in [-0.2, 0) is 0 Å². The van der Waals surface area contributed by atoms with Crippen molar-refractivity contribution in [3.8, 4) is 0 Å². The Kier molecular flexibility index (Phi) is 3.16. The second-order valence-corrected chi connectivity index (χ2v) is 6.06. The topological polar surface area (TPSA) is 52.2 Å². The molecule has 0 aliphatic carbocycles. The molecule has 5 heteroatoms. The van der Waals surface area contributed by atoms with Gasteiger partial charge in [-0.3, -0.25) is 4.79 Å². The largest absolute Gasteiger partial charge is 0.427 e. The summed E-state index contributed by atoms with van der Waals surface area (Å²) in [6.45, 7) is 0. The van der Waals surface area contributed by atoms with E-state index in [2.05, 4.69) is 15.9 Å². The Balaban J connectivity index is 1.99. The van der Waals surface area contributed by atoms with Crippen molar-refractivity contribution in [3.63, 3.8) is 0 Å². The van der Waals surface area contributed by atoms with E-state index in [0.717, 1.165) is 19.8 Å². The molecule has 0 atom stereocenters. The number of carbonyl (C=O) groups excluding carboxylic acids is 1. The number of hydrogen-bond acceptors (Lipinski definition) is 3. The van der Waals surface area contributed by atoms with E-state index in [1.165, 1.54) is 0 Å². The van der Waals surface area contributed by atoms with Crippen molar-refractivity contribution in [2.75, 3.05) is 0 Å². The van der Waals surface area contributed by atoms with Crippen molar-refractivity contribution in [1.29, 1.82) is 0 Å². The number of fused-ring (bicyclic) bond motifs is 2. The molecule has 1 heterocycles. The minimum absolute atomic E-state index is 0.373. The number of nitrogens with zero attached hydrogens (tertiary/aromatic N) is 1. The smallest absolute Gasteiger partial charge is 0.407 e. The van der Waals surface area contributed by atoms with Gasteiger partial charge in [0.15, 0.2) is 5.58 Å². The van der Waals surface area contributed by atoms with E-state index >= 15 is 0 Å². The maximum atomic E-state index is 12.9. The summed E-state index contributed by atoms with van der Waals surface area (Å²) < 4.78 is 7.05. The highest BCUT2D eigenvalue weighted by Crippen LogP contribution is 2.23. The van der Waals surface area contributed by atoms with E-state index in [1.54, 1.807) is 30.3 Å². The van der Waals surface area contributed by atoms with Gasteiger partial charge in [0.05, 0.1) is 5.52 Å². The molecule has 0 fully saturated rings. The number of oxazole rings is 1. The Morgan fingerprint density at radius 2 is 1.78 bits per heavy atom. The third-order valence-corrected chi connectivity index (χ3v) is 4.26. The van der Waals surface area contributed by atoms with Crippen molar-refractivity contribution >= 4 is 43.7 Å². The van der Waals surface area contributed by atoms with Crippen LogP contribution in [0, 0.1) is 0 Å². The van der Waals surface area contributed by atoms with Gasteiger partial charge in [-0.2, -0.15) is 0 Å². The molecule has 4 rings (SSSR count). The minimum atomic E-state index is -0.684. The first-order valence-corrected chi connectivity index (χ1v) is 7.78. The molecular weight excluding hydrogens is 358 g/mol. The molecule has 0 amide bonds. The molecule has 0 radical (unpaired) electrons. The highest BCUT2D eigenvalue weighted by atomic mass is 79.9. The quantitative estimate of drug-likeness (QED) is 0.506. The fourth-order valence-corrected chi connectivity index (χ4v) is 3.06.